The summed E-state index contributed by atoms with van der Waals surface area (Å²) in [6.07, 6.45) is 2.93. The van der Waals surface area contributed by atoms with Crippen LogP contribution in [-0.2, 0) is 52.1 Å². The van der Waals surface area contributed by atoms with Crippen LogP contribution in [-0.4, -0.2) is 63.2 Å². The molecule has 210 valence electrons. The van der Waals surface area contributed by atoms with E-state index in [2.05, 4.69) is 0 Å². The van der Waals surface area contributed by atoms with Crippen LogP contribution in [0.15, 0.2) is 58.3 Å². The first-order valence-corrected chi connectivity index (χ1v) is 14.6. The second-order valence-corrected chi connectivity index (χ2v) is 11.5. The maximum absolute atomic E-state index is 12.0. The topological polar surface area (TPSA) is 213 Å². The van der Waals surface area contributed by atoms with Crippen molar-refractivity contribution < 1.29 is 45.0 Å². The number of rotatable bonds is 15. The first-order valence-electron chi connectivity index (χ1n) is 11.7. The summed E-state index contributed by atoms with van der Waals surface area (Å²) in [7, 11) is -8.58. The molecular formula is C24H32N2O10S2. The first kappa shape index (κ1) is 31.3. The minimum absolute atomic E-state index is 0.147. The lowest BCUT2D eigenvalue weighted by Gasteiger charge is -2.12. The zero-order chi connectivity index (χ0) is 28.3. The van der Waals surface area contributed by atoms with Crippen LogP contribution in [0, 0.1) is 0 Å². The SMILES string of the molecule is N[C@@H](Cc1ccc(S(=O)(=O)O)cc1)C(=O)OCCCCCCOC(=O)[C@@H](N)Cc1ccc(S(=O)(=O)O)cc1. The molecule has 2 atom stereocenters. The van der Waals surface area contributed by atoms with E-state index in [1.807, 2.05) is 0 Å². The van der Waals surface area contributed by atoms with Crippen LogP contribution in [0.3, 0.4) is 0 Å². The maximum Gasteiger partial charge on any atom is 0.323 e. The van der Waals surface area contributed by atoms with Crippen LogP contribution in [0.4, 0.5) is 0 Å². The van der Waals surface area contributed by atoms with Crippen molar-refractivity contribution in [3.8, 4) is 0 Å². The third kappa shape index (κ3) is 10.8. The molecule has 2 rings (SSSR count). The molecule has 0 fully saturated rings. The molecule has 0 amide bonds. The fourth-order valence-corrected chi connectivity index (χ4v) is 4.35. The summed E-state index contributed by atoms with van der Waals surface area (Å²) in [6.45, 7) is 0.352. The molecule has 6 N–H and O–H groups in total. The Morgan fingerprint density at radius 1 is 0.632 bits per heavy atom. The van der Waals surface area contributed by atoms with E-state index in [1.54, 1.807) is 0 Å². The van der Waals surface area contributed by atoms with E-state index < -0.39 is 44.3 Å². The van der Waals surface area contributed by atoms with Crippen molar-refractivity contribution in [1.29, 1.82) is 0 Å². The van der Waals surface area contributed by atoms with Crippen molar-refractivity contribution >= 4 is 32.2 Å². The van der Waals surface area contributed by atoms with Gasteiger partial charge in [0.1, 0.15) is 12.1 Å². The molecule has 0 saturated heterocycles. The van der Waals surface area contributed by atoms with E-state index in [0.29, 0.717) is 24.0 Å². The summed E-state index contributed by atoms with van der Waals surface area (Å²) >= 11 is 0. The van der Waals surface area contributed by atoms with Gasteiger partial charge >= 0.3 is 11.9 Å². The molecule has 12 nitrogen and oxygen atoms in total. The van der Waals surface area contributed by atoms with Gasteiger partial charge in [-0.3, -0.25) is 18.7 Å². The van der Waals surface area contributed by atoms with E-state index in [4.69, 9.17) is 30.0 Å². The predicted octanol–water partition coefficient (Wildman–Crippen LogP) is 1.27. The van der Waals surface area contributed by atoms with Gasteiger partial charge in [-0.2, -0.15) is 16.8 Å². The normalized spacial score (nSPS) is 13.5. The summed E-state index contributed by atoms with van der Waals surface area (Å²) in [5.74, 6) is -1.17. The Balaban J connectivity index is 1.56. The summed E-state index contributed by atoms with van der Waals surface area (Å²) in [5.41, 5.74) is 12.9. The van der Waals surface area contributed by atoms with Crippen LogP contribution in [0.5, 0.6) is 0 Å². The van der Waals surface area contributed by atoms with E-state index in [-0.39, 0.29) is 35.8 Å². The van der Waals surface area contributed by atoms with Crippen molar-refractivity contribution in [2.24, 2.45) is 11.5 Å². The molecule has 0 radical (unpaired) electrons. The summed E-state index contributed by atoms with van der Waals surface area (Å²) in [6, 6.07) is 8.89. The van der Waals surface area contributed by atoms with Crippen molar-refractivity contribution in [1.82, 2.24) is 0 Å². The predicted molar refractivity (Wildman–Crippen MR) is 136 cm³/mol. The summed E-state index contributed by atoms with van der Waals surface area (Å²) in [5, 5.41) is 0. The Hall–Kier alpha value is -2.88. The van der Waals surface area contributed by atoms with Gasteiger partial charge < -0.3 is 20.9 Å². The van der Waals surface area contributed by atoms with E-state index in [1.165, 1.54) is 48.5 Å². The van der Waals surface area contributed by atoms with Crippen LogP contribution in [0.2, 0.25) is 0 Å². The highest BCUT2D eigenvalue weighted by molar-refractivity contribution is 7.86. The van der Waals surface area contributed by atoms with Gasteiger partial charge in [0.15, 0.2) is 0 Å². The summed E-state index contributed by atoms with van der Waals surface area (Å²) < 4.78 is 72.6. The molecule has 0 aliphatic rings. The molecule has 0 unspecified atom stereocenters. The third-order valence-electron chi connectivity index (χ3n) is 5.49. The van der Waals surface area contributed by atoms with E-state index in [9.17, 15) is 26.4 Å². The molecule has 0 spiro atoms. The third-order valence-corrected chi connectivity index (χ3v) is 7.22. The standard InChI is InChI=1S/C24H32N2O10S2/c25-21(15-17-5-9-19(10-6-17)37(29,30)31)23(27)35-13-3-1-2-4-14-36-24(28)22(26)16-18-7-11-20(12-8-18)38(32,33)34/h5-12,21-22H,1-4,13-16,25-26H2,(H,29,30,31)(H,32,33,34)/t21-,22-/m0/s1. The van der Waals surface area contributed by atoms with Crippen LogP contribution < -0.4 is 11.5 Å². The second kappa shape index (κ2) is 14.3. The lowest BCUT2D eigenvalue weighted by atomic mass is 10.1. The highest BCUT2D eigenvalue weighted by Gasteiger charge is 2.18. The van der Waals surface area contributed by atoms with E-state index >= 15 is 0 Å². The van der Waals surface area contributed by atoms with Gasteiger partial charge in [-0.1, -0.05) is 24.3 Å². The molecule has 14 heteroatoms. The fourth-order valence-electron chi connectivity index (χ4n) is 3.39. The number of unbranched alkanes of at least 4 members (excludes halogenated alkanes) is 3. The number of esters is 2. The highest BCUT2D eigenvalue weighted by atomic mass is 32.2. The van der Waals surface area contributed by atoms with Crippen molar-refractivity contribution in [2.45, 2.75) is 60.4 Å². The molecule has 0 aliphatic carbocycles. The molecular weight excluding hydrogens is 540 g/mol. The minimum Gasteiger partial charge on any atom is -0.465 e. The lowest BCUT2D eigenvalue weighted by Crippen LogP contribution is -2.34. The van der Waals surface area contributed by atoms with Gasteiger partial charge in [-0.05, 0) is 73.9 Å². The monoisotopic (exact) mass is 572 g/mol. The maximum atomic E-state index is 12.0. The number of benzene rings is 2. The second-order valence-electron chi connectivity index (χ2n) is 8.61. The van der Waals surface area contributed by atoms with Gasteiger partial charge in [0, 0.05) is 0 Å². The number of carbonyl (C=O) groups is 2. The fraction of sp³-hybridized carbons (Fsp3) is 0.417. The van der Waals surface area contributed by atoms with Gasteiger partial charge in [-0.15, -0.1) is 0 Å². The smallest absolute Gasteiger partial charge is 0.323 e. The Morgan fingerprint density at radius 3 is 1.24 bits per heavy atom. The molecule has 0 bridgehead atoms. The largest absolute Gasteiger partial charge is 0.465 e. The minimum atomic E-state index is -4.29. The molecule has 2 aromatic carbocycles. The molecule has 2 aromatic rings. The first-order chi connectivity index (χ1) is 17.8. The quantitative estimate of drug-likeness (QED) is 0.135. The van der Waals surface area contributed by atoms with Gasteiger partial charge in [0.05, 0.1) is 23.0 Å². The Bertz CT molecular complexity index is 1180. The molecule has 0 saturated carbocycles. The average Bonchev–Trinajstić information content (AvgIpc) is 2.84. The van der Waals surface area contributed by atoms with Crippen molar-refractivity contribution in [3.05, 3.63) is 59.7 Å². The number of carbonyl (C=O) groups excluding carboxylic acids is 2. The van der Waals surface area contributed by atoms with Gasteiger partial charge in [0.25, 0.3) is 20.2 Å². The number of hydrogen-bond acceptors (Lipinski definition) is 10. The van der Waals surface area contributed by atoms with E-state index in [0.717, 1.165) is 12.8 Å². The molecule has 0 aliphatic heterocycles. The van der Waals surface area contributed by atoms with Gasteiger partial charge in [0.2, 0.25) is 0 Å². The number of ether oxygens (including phenoxy) is 2. The Labute approximate surface area is 221 Å². The lowest BCUT2D eigenvalue weighted by molar-refractivity contribution is -0.146. The average molecular weight is 573 g/mol. The number of hydrogen-bond donors (Lipinski definition) is 4. The molecule has 38 heavy (non-hydrogen) atoms. The summed E-state index contributed by atoms with van der Waals surface area (Å²) in [4.78, 5) is 23.6. The zero-order valence-electron chi connectivity index (χ0n) is 20.6. The van der Waals surface area contributed by atoms with Crippen LogP contribution >= 0.6 is 0 Å². The molecule has 0 heterocycles. The van der Waals surface area contributed by atoms with Crippen molar-refractivity contribution in [3.63, 3.8) is 0 Å². The highest BCUT2D eigenvalue weighted by Crippen LogP contribution is 2.13. The van der Waals surface area contributed by atoms with Crippen LogP contribution in [0.25, 0.3) is 0 Å². The Morgan fingerprint density at radius 2 is 0.947 bits per heavy atom. The zero-order valence-corrected chi connectivity index (χ0v) is 22.2. The van der Waals surface area contributed by atoms with Crippen molar-refractivity contribution in [2.75, 3.05) is 13.2 Å². The Kier molecular flexibility index (Phi) is 11.8. The number of nitrogens with two attached hydrogens (primary N) is 2. The molecule has 0 aromatic heterocycles. The van der Waals surface area contributed by atoms with Crippen LogP contribution in [0.1, 0.15) is 36.8 Å². The van der Waals surface area contributed by atoms with Gasteiger partial charge in [-0.25, -0.2) is 0 Å².